The highest BCUT2D eigenvalue weighted by atomic mass is 79.9. The second-order valence-corrected chi connectivity index (χ2v) is 5.08. The number of halogens is 1. The Hall–Kier alpha value is -1.52. The van der Waals surface area contributed by atoms with Crippen LogP contribution in [0.15, 0.2) is 53.0 Å². The summed E-state index contributed by atoms with van der Waals surface area (Å²) in [5, 5.41) is 12.9. The molecule has 0 fully saturated rings. The first-order valence-electron chi connectivity index (χ1n) is 6.00. The van der Waals surface area contributed by atoms with Crippen LogP contribution in [0.4, 0.5) is 5.69 Å². The number of hydrogen-bond donors (Lipinski definition) is 2. The fourth-order valence-electron chi connectivity index (χ4n) is 1.87. The van der Waals surface area contributed by atoms with Gasteiger partial charge in [-0.3, -0.25) is 0 Å². The van der Waals surface area contributed by atoms with Gasteiger partial charge in [0.2, 0.25) is 0 Å². The molecular weight excluding hydrogens is 306 g/mol. The molecule has 2 aromatic carbocycles. The molecule has 100 valence electrons. The summed E-state index contributed by atoms with van der Waals surface area (Å²) in [6.45, 7) is 0.0136. The van der Waals surface area contributed by atoms with E-state index in [1.165, 1.54) is 0 Å². The fraction of sp³-hybridized carbons (Fsp3) is 0.200. The lowest BCUT2D eigenvalue weighted by Crippen LogP contribution is -2.14. The van der Waals surface area contributed by atoms with Crippen molar-refractivity contribution in [2.24, 2.45) is 0 Å². The smallest absolute Gasteiger partial charge is 0.119 e. The number of hydrogen-bond acceptors (Lipinski definition) is 3. The molecule has 19 heavy (non-hydrogen) atoms. The van der Waals surface area contributed by atoms with Crippen molar-refractivity contribution in [3.63, 3.8) is 0 Å². The van der Waals surface area contributed by atoms with Crippen molar-refractivity contribution in [2.75, 3.05) is 19.0 Å². The first-order chi connectivity index (χ1) is 9.22. The van der Waals surface area contributed by atoms with Gasteiger partial charge in [0.05, 0.1) is 19.8 Å². The van der Waals surface area contributed by atoms with Gasteiger partial charge in [-0.15, -0.1) is 0 Å². The van der Waals surface area contributed by atoms with E-state index < -0.39 is 0 Å². The van der Waals surface area contributed by atoms with Crippen molar-refractivity contribution in [2.45, 2.75) is 6.04 Å². The number of ether oxygens (including phenoxy) is 1. The van der Waals surface area contributed by atoms with Crippen LogP contribution < -0.4 is 10.1 Å². The standard InChI is InChI=1S/C15H16BrNO2/c1-19-14-7-2-4-11(8-14)15(10-18)17-13-6-3-5-12(16)9-13/h2-9,15,17-18H,10H2,1H3. The summed E-state index contributed by atoms with van der Waals surface area (Å²) in [5.74, 6) is 0.784. The summed E-state index contributed by atoms with van der Waals surface area (Å²) < 4.78 is 6.20. The fourth-order valence-corrected chi connectivity index (χ4v) is 2.27. The van der Waals surface area contributed by atoms with Crippen LogP contribution in [0.25, 0.3) is 0 Å². The van der Waals surface area contributed by atoms with Gasteiger partial charge in [-0.25, -0.2) is 0 Å². The maximum Gasteiger partial charge on any atom is 0.119 e. The molecule has 0 aliphatic heterocycles. The Morgan fingerprint density at radius 3 is 2.68 bits per heavy atom. The Labute approximate surface area is 121 Å². The van der Waals surface area contributed by atoms with Gasteiger partial charge in [0, 0.05) is 10.2 Å². The molecule has 2 N–H and O–H groups in total. The number of nitrogens with one attached hydrogen (secondary N) is 1. The van der Waals surface area contributed by atoms with Crippen molar-refractivity contribution in [3.05, 3.63) is 58.6 Å². The zero-order chi connectivity index (χ0) is 13.7. The summed E-state index contributed by atoms with van der Waals surface area (Å²) in [6.07, 6.45) is 0. The van der Waals surface area contributed by atoms with Gasteiger partial charge in [0.15, 0.2) is 0 Å². The van der Waals surface area contributed by atoms with E-state index in [9.17, 15) is 5.11 Å². The molecule has 2 rings (SSSR count). The molecule has 0 amide bonds. The molecule has 0 bridgehead atoms. The molecule has 0 heterocycles. The molecule has 0 aromatic heterocycles. The van der Waals surface area contributed by atoms with Crippen molar-refractivity contribution in [1.29, 1.82) is 0 Å². The summed E-state index contributed by atoms with van der Waals surface area (Å²) in [5.41, 5.74) is 1.94. The van der Waals surface area contributed by atoms with E-state index in [4.69, 9.17) is 4.74 Å². The molecule has 0 radical (unpaired) electrons. The van der Waals surface area contributed by atoms with Crippen LogP contribution in [0.3, 0.4) is 0 Å². The monoisotopic (exact) mass is 321 g/mol. The van der Waals surface area contributed by atoms with E-state index in [0.717, 1.165) is 21.5 Å². The molecule has 1 atom stereocenters. The van der Waals surface area contributed by atoms with Crippen LogP contribution in [-0.4, -0.2) is 18.8 Å². The average molecular weight is 322 g/mol. The lowest BCUT2D eigenvalue weighted by Gasteiger charge is -2.18. The Morgan fingerprint density at radius 1 is 1.21 bits per heavy atom. The first kappa shape index (κ1) is 13.9. The maximum absolute atomic E-state index is 9.56. The van der Waals surface area contributed by atoms with E-state index >= 15 is 0 Å². The number of benzene rings is 2. The summed E-state index contributed by atoms with van der Waals surface area (Å²) in [4.78, 5) is 0. The quantitative estimate of drug-likeness (QED) is 0.884. The van der Waals surface area contributed by atoms with E-state index in [0.29, 0.717) is 0 Å². The van der Waals surface area contributed by atoms with Gasteiger partial charge >= 0.3 is 0 Å². The Balaban J connectivity index is 2.19. The second-order valence-electron chi connectivity index (χ2n) is 4.17. The molecule has 0 saturated heterocycles. The lowest BCUT2D eigenvalue weighted by molar-refractivity contribution is 0.276. The van der Waals surface area contributed by atoms with Gasteiger partial charge in [0.25, 0.3) is 0 Å². The van der Waals surface area contributed by atoms with Crippen LogP contribution in [0, 0.1) is 0 Å². The lowest BCUT2D eigenvalue weighted by atomic mass is 10.1. The highest BCUT2D eigenvalue weighted by molar-refractivity contribution is 9.10. The van der Waals surface area contributed by atoms with Crippen LogP contribution in [0.1, 0.15) is 11.6 Å². The molecule has 0 saturated carbocycles. The normalized spacial score (nSPS) is 11.9. The topological polar surface area (TPSA) is 41.5 Å². The SMILES string of the molecule is COc1cccc(C(CO)Nc2cccc(Br)c2)c1. The third-order valence-electron chi connectivity index (χ3n) is 2.84. The Kier molecular flexibility index (Phi) is 4.82. The van der Waals surface area contributed by atoms with E-state index in [-0.39, 0.29) is 12.6 Å². The zero-order valence-electron chi connectivity index (χ0n) is 10.6. The van der Waals surface area contributed by atoms with E-state index in [2.05, 4.69) is 21.2 Å². The van der Waals surface area contributed by atoms with Crippen LogP contribution >= 0.6 is 15.9 Å². The molecule has 0 spiro atoms. The van der Waals surface area contributed by atoms with Gasteiger partial charge in [-0.05, 0) is 35.9 Å². The molecule has 1 unspecified atom stereocenters. The number of methoxy groups -OCH3 is 1. The largest absolute Gasteiger partial charge is 0.497 e. The molecular formula is C15H16BrNO2. The highest BCUT2D eigenvalue weighted by Crippen LogP contribution is 2.24. The molecule has 4 heteroatoms. The predicted octanol–water partition coefficient (Wildman–Crippen LogP) is 3.60. The van der Waals surface area contributed by atoms with Crippen molar-refractivity contribution in [1.82, 2.24) is 0 Å². The number of aliphatic hydroxyl groups excluding tert-OH is 1. The third-order valence-corrected chi connectivity index (χ3v) is 3.34. The minimum atomic E-state index is -0.163. The predicted molar refractivity (Wildman–Crippen MR) is 80.6 cm³/mol. The van der Waals surface area contributed by atoms with Crippen molar-refractivity contribution >= 4 is 21.6 Å². The first-order valence-corrected chi connectivity index (χ1v) is 6.79. The Bertz CT molecular complexity index is 545. The number of anilines is 1. The minimum Gasteiger partial charge on any atom is -0.497 e. The van der Waals surface area contributed by atoms with Crippen LogP contribution in [0.5, 0.6) is 5.75 Å². The van der Waals surface area contributed by atoms with Gasteiger partial charge < -0.3 is 15.2 Å². The van der Waals surface area contributed by atoms with E-state index in [1.54, 1.807) is 7.11 Å². The van der Waals surface area contributed by atoms with Crippen molar-refractivity contribution < 1.29 is 9.84 Å². The summed E-state index contributed by atoms with van der Waals surface area (Å²) in [6, 6.07) is 15.4. The second kappa shape index (κ2) is 6.59. The molecule has 0 aliphatic carbocycles. The average Bonchev–Trinajstić information content (AvgIpc) is 2.45. The Morgan fingerprint density at radius 2 is 2.00 bits per heavy atom. The number of rotatable bonds is 5. The van der Waals surface area contributed by atoms with Gasteiger partial charge in [0.1, 0.15) is 5.75 Å². The highest BCUT2D eigenvalue weighted by Gasteiger charge is 2.11. The van der Waals surface area contributed by atoms with Gasteiger partial charge in [-0.1, -0.05) is 34.1 Å². The summed E-state index contributed by atoms with van der Waals surface area (Å²) in [7, 11) is 1.63. The van der Waals surface area contributed by atoms with Crippen LogP contribution in [-0.2, 0) is 0 Å². The minimum absolute atomic E-state index is 0.0136. The molecule has 0 aliphatic rings. The third kappa shape index (κ3) is 3.72. The zero-order valence-corrected chi connectivity index (χ0v) is 12.2. The molecule has 3 nitrogen and oxygen atoms in total. The molecule has 2 aromatic rings. The summed E-state index contributed by atoms with van der Waals surface area (Å²) >= 11 is 3.43. The number of aliphatic hydroxyl groups is 1. The van der Waals surface area contributed by atoms with E-state index in [1.807, 2.05) is 48.5 Å². The van der Waals surface area contributed by atoms with Gasteiger partial charge in [-0.2, -0.15) is 0 Å². The van der Waals surface area contributed by atoms with Crippen molar-refractivity contribution in [3.8, 4) is 5.75 Å². The maximum atomic E-state index is 9.56. The van der Waals surface area contributed by atoms with Crippen LogP contribution in [0.2, 0.25) is 0 Å².